The van der Waals surface area contributed by atoms with Gasteiger partial charge in [0.15, 0.2) is 5.78 Å². The smallest absolute Gasteiger partial charge is 0.207 e. The van der Waals surface area contributed by atoms with E-state index in [1.807, 2.05) is 0 Å². The van der Waals surface area contributed by atoms with Crippen LogP contribution in [-0.2, 0) is 0 Å². The number of ketones is 1. The van der Waals surface area contributed by atoms with Crippen molar-refractivity contribution in [1.82, 2.24) is 0 Å². The fourth-order valence-electron chi connectivity index (χ4n) is 1.90. The molecule has 0 N–H and O–H groups in total. The van der Waals surface area contributed by atoms with Gasteiger partial charge in [0.05, 0.1) is 7.11 Å². The van der Waals surface area contributed by atoms with E-state index in [0.717, 1.165) is 0 Å². The average Bonchev–Trinajstić information content (AvgIpc) is 2.27. The van der Waals surface area contributed by atoms with Gasteiger partial charge in [-0.3, -0.25) is 9.59 Å². The number of hydrogen-bond acceptors (Lipinski definition) is 4. The molecule has 0 atom stereocenters. The molecule has 0 radical (unpaired) electrons. The molecule has 0 fully saturated rings. The van der Waals surface area contributed by atoms with Crippen LogP contribution in [0.3, 0.4) is 0 Å². The summed E-state index contributed by atoms with van der Waals surface area (Å²) in [5, 5.41) is 0.311. The van der Waals surface area contributed by atoms with E-state index in [2.05, 4.69) is 0 Å². The van der Waals surface area contributed by atoms with Gasteiger partial charge in [-0.1, -0.05) is 6.07 Å². The summed E-state index contributed by atoms with van der Waals surface area (Å²) in [6.45, 7) is 2.96. The van der Waals surface area contributed by atoms with Gasteiger partial charge < -0.3 is 9.15 Å². The van der Waals surface area contributed by atoms with Crippen LogP contribution in [0.25, 0.3) is 11.0 Å². The minimum atomic E-state index is -0.339. The van der Waals surface area contributed by atoms with Crippen LogP contribution in [0.1, 0.15) is 23.0 Å². The minimum absolute atomic E-state index is 0.0852. The molecule has 0 saturated heterocycles. The molecule has 2 rings (SSSR count). The SMILES string of the molecule is COc1cccc2oc(C)c(C(C)=O)c(=O)c12. The molecule has 0 aliphatic rings. The van der Waals surface area contributed by atoms with Crippen molar-refractivity contribution < 1.29 is 13.9 Å². The summed E-state index contributed by atoms with van der Waals surface area (Å²) in [6, 6.07) is 5.08. The van der Waals surface area contributed by atoms with Crippen LogP contribution in [0.5, 0.6) is 5.75 Å². The highest BCUT2D eigenvalue weighted by Gasteiger charge is 2.17. The second kappa shape index (κ2) is 4.05. The molecule has 1 aromatic carbocycles. The molecule has 0 bridgehead atoms. The van der Waals surface area contributed by atoms with Crippen molar-refractivity contribution in [2.24, 2.45) is 0 Å². The van der Waals surface area contributed by atoms with E-state index in [1.54, 1.807) is 25.1 Å². The zero-order valence-electron chi connectivity index (χ0n) is 9.87. The molecular weight excluding hydrogens is 220 g/mol. The maximum absolute atomic E-state index is 12.2. The summed E-state index contributed by atoms with van der Waals surface area (Å²) in [4.78, 5) is 23.6. The second-order valence-electron chi connectivity index (χ2n) is 3.75. The Morgan fingerprint density at radius 1 is 1.35 bits per heavy atom. The quantitative estimate of drug-likeness (QED) is 0.745. The third kappa shape index (κ3) is 1.71. The minimum Gasteiger partial charge on any atom is -0.496 e. The average molecular weight is 232 g/mol. The summed E-state index contributed by atoms with van der Waals surface area (Å²) >= 11 is 0. The zero-order valence-corrected chi connectivity index (χ0v) is 9.87. The van der Waals surface area contributed by atoms with Crippen LogP contribution in [0.4, 0.5) is 0 Å². The third-order valence-electron chi connectivity index (χ3n) is 2.63. The molecule has 0 aliphatic carbocycles. The largest absolute Gasteiger partial charge is 0.496 e. The van der Waals surface area contributed by atoms with E-state index < -0.39 is 0 Å². The summed E-state index contributed by atoms with van der Waals surface area (Å²) in [5.41, 5.74) is 0.174. The fourth-order valence-corrected chi connectivity index (χ4v) is 1.90. The molecule has 0 saturated carbocycles. The van der Waals surface area contributed by atoms with Crippen LogP contribution in [0.15, 0.2) is 27.4 Å². The van der Waals surface area contributed by atoms with Gasteiger partial charge in [0.2, 0.25) is 5.43 Å². The Balaban J connectivity index is 2.99. The Bertz CT molecular complexity index is 652. The van der Waals surface area contributed by atoms with Crippen molar-refractivity contribution in [1.29, 1.82) is 0 Å². The van der Waals surface area contributed by atoms with E-state index in [-0.39, 0.29) is 16.8 Å². The first kappa shape index (κ1) is 11.4. The first-order valence-corrected chi connectivity index (χ1v) is 5.17. The Morgan fingerprint density at radius 2 is 2.06 bits per heavy atom. The molecule has 1 heterocycles. The molecule has 0 aliphatic heterocycles. The summed E-state index contributed by atoms with van der Waals surface area (Å²) < 4.78 is 10.6. The van der Waals surface area contributed by atoms with Gasteiger partial charge in [-0.05, 0) is 26.0 Å². The second-order valence-corrected chi connectivity index (χ2v) is 3.75. The van der Waals surface area contributed by atoms with Gasteiger partial charge in [-0.15, -0.1) is 0 Å². The van der Waals surface area contributed by atoms with Crippen LogP contribution >= 0.6 is 0 Å². The van der Waals surface area contributed by atoms with Crippen molar-refractivity contribution in [3.63, 3.8) is 0 Å². The Labute approximate surface area is 97.8 Å². The predicted molar refractivity (Wildman–Crippen MR) is 63.8 cm³/mol. The van der Waals surface area contributed by atoms with E-state index >= 15 is 0 Å². The molecule has 0 unspecified atom stereocenters. The number of carbonyl (C=O) groups excluding carboxylic acids is 1. The van der Waals surface area contributed by atoms with Gasteiger partial charge in [0.25, 0.3) is 0 Å². The topological polar surface area (TPSA) is 56.5 Å². The van der Waals surface area contributed by atoms with Crippen molar-refractivity contribution in [3.8, 4) is 5.75 Å². The van der Waals surface area contributed by atoms with Crippen LogP contribution < -0.4 is 10.2 Å². The lowest BCUT2D eigenvalue weighted by atomic mass is 10.1. The molecule has 0 amide bonds. The Kier molecular flexibility index (Phi) is 2.71. The zero-order chi connectivity index (χ0) is 12.6. The Hall–Kier alpha value is -2.10. The van der Waals surface area contributed by atoms with Gasteiger partial charge in [-0.25, -0.2) is 0 Å². The highest BCUT2D eigenvalue weighted by atomic mass is 16.5. The van der Waals surface area contributed by atoms with E-state index in [4.69, 9.17) is 9.15 Å². The number of aryl methyl sites for hydroxylation is 1. The molecule has 17 heavy (non-hydrogen) atoms. The number of benzene rings is 1. The summed E-state index contributed by atoms with van der Waals surface area (Å²) in [5.74, 6) is 0.450. The van der Waals surface area contributed by atoms with Crippen molar-refractivity contribution >= 4 is 16.8 Å². The molecular formula is C13H12O4. The van der Waals surface area contributed by atoms with Gasteiger partial charge in [-0.2, -0.15) is 0 Å². The van der Waals surface area contributed by atoms with Gasteiger partial charge >= 0.3 is 0 Å². The molecule has 4 nitrogen and oxygen atoms in total. The maximum Gasteiger partial charge on any atom is 0.207 e. The lowest BCUT2D eigenvalue weighted by molar-refractivity contribution is 0.101. The summed E-state index contributed by atoms with van der Waals surface area (Å²) in [7, 11) is 1.47. The first-order valence-electron chi connectivity index (χ1n) is 5.17. The molecule has 1 aromatic heterocycles. The number of hydrogen-bond donors (Lipinski definition) is 0. The normalized spacial score (nSPS) is 10.5. The number of carbonyl (C=O) groups is 1. The Morgan fingerprint density at radius 3 is 2.65 bits per heavy atom. The van der Waals surface area contributed by atoms with Crippen LogP contribution in [0, 0.1) is 6.92 Å². The highest BCUT2D eigenvalue weighted by molar-refractivity contribution is 5.98. The third-order valence-corrected chi connectivity index (χ3v) is 2.63. The standard InChI is InChI=1S/C13H12O4/c1-7(14)11-8(2)17-10-6-4-5-9(16-3)12(10)13(11)15/h4-6H,1-3H3. The molecule has 2 aromatic rings. The predicted octanol–water partition coefficient (Wildman–Crippen LogP) is 2.31. The van der Waals surface area contributed by atoms with Crippen molar-refractivity contribution in [3.05, 3.63) is 39.7 Å². The van der Waals surface area contributed by atoms with E-state index in [1.165, 1.54) is 14.0 Å². The monoisotopic (exact) mass is 232 g/mol. The highest BCUT2D eigenvalue weighted by Crippen LogP contribution is 2.24. The molecule has 0 spiro atoms. The number of fused-ring (bicyclic) bond motifs is 1. The first-order chi connectivity index (χ1) is 8.06. The number of methoxy groups -OCH3 is 1. The van der Waals surface area contributed by atoms with Crippen molar-refractivity contribution in [2.45, 2.75) is 13.8 Å². The fraction of sp³-hybridized carbons (Fsp3) is 0.231. The number of Topliss-reactive ketones (excluding diaryl/α,β-unsaturated/α-hetero) is 1. The van der Waals surface area contributed by atoms with Crippen LogP contribution in [0.2, 0.25) is 0 Å². The van der Waals surface area contributed by atoms with Gasteiger partial charge in [0, 0.05) is 0 Å². The van der Waals surface area contributed by atoms with E-state index in [0.29, 0.717) is 22.5 Å². The summed E-state index contributed by atoms with van der Waals surface area (Å²) in [6.07, 6.45) is 0. The van der Waals surface area contributed by atoms with Crippen molar-refractivity contribution in [2.75, 3.05) is 7.11 Å². The lowest BCUT2D eigenvalue weighted by Gasteiger charge is -2.07. The molecule has 88 valence electrons. The van der Waals surface area contributed by atoms with E-state index in [9.17, 15) is 9.59 Å². The van der Waals surface area contributed by atoms with Crippen LogP contribution in [-0.4, -0.2) is 12.9 Å². The van der Waals surface area contributed by atoms with Gasteiger partial charge in [0.1, 0.15) is 28.0 Å². The lowest BCUT2D eigenvalue weighted by Crippen LogP contribution is -2.15. The molecule has 4 heteroatoms. The maximum atomic E-state index is 12.2. The number of ether oxygens (including phenoxy) is 1. The number of rotatable bonds is 2.